The lowest BCUT2D eigenvalue weighted by atomic mass is 10.1. The van der Waals surface area contributed by atoms with Gasteiger partial charge in [-0.25, -0.2) is 9.37 Å². The highest BCUT2D eigenvalue weighted by Gasteiger charge is 2.12. The predicted octanol–water partition coefficient (Wildman–Crippen LogP) is 5.99. The van der Waals surface area contributed by atoms with Crippen LogP contribution in [0.4, 0.5) is 4.39 Å². The molecule has 1 heterocycles. The summed E-state index contributed by atoms with van der Waals surface area (Å²) >= 11 is 0. The van der Waals surface area contributed by atoms with Gasteiger partial charge in [0.15, 0.2) is 11.6 Å². The number of aromatic nitrogens is 2. The van der Waals surface area contributed by atoms with Gasteiger partial charge in [0.1, 0.15) is 24.8 Å². The Hall–Kier alpha value is -3.86. The summed E-state index contributed by atoms with van der Waals surface area (Å²) in [6.07, 6.45) is 0. The number of imidazole rings is 1. The van der Waals surface area contributed by atoms with Gasteiger partial charge in [-0.05, 0) is 47.2 Å². The summed E-state index contributed by atoms with van der Waals surface area (Å²) in [7, 11) is 0. The summed E-state index contributed by atoms with van der Waals surface area (Å²) in [5.41, 5.74) is 1.89. The molecule has 0 fully saturated rings. The number of hydrogen-bond donors (Lipinski definition) is 0. The van der Waals surface area contributed by atoms with E-state index in [0.29, 0.717) is 19.8 Å². The molecule has 0 aliphatic rings. The van der Waals surface area contributed by atoms with E-state index >= 15 is 0 Å². The van der Waals surface area contributed by atoms with Crippen LogP contribution < -0.4 is 9.47 Å². The summed E-state index contributed by atoms with van der Waals surface area (Å²) in [5, 5.41) is 2.30. The van der Waals surface area contributed by atoms with E-state index in [1.165, 1.54) is 11.5 Å². The molecule has 0 saturated carbocycles. The van der Waals surface area contributed by atoms with Crippen LogP contribution in [0.5, 0.6) is 11.5 Å². The third-order valence-electron chi connectivity index (χ3n) is 5.23. The van der Waals surface area contributed by atoms with Crippen molar-refractivity contribution in [2.24, 2.45) is 0 Å². The van der Waals surface area contributed by atoms with Crippen molar-refractivity contribution in [3.05, 3.63) is 103 Å². The van der Waals surface area contributed by atoms with Gasteiger partial charge < -0.3 is 14.0 Å². The number of fused-ring (bicyclic) bond motifs is 2. The predicted molar refractivity (Wildman–Crippen MR) is 120 cm³/mol. The standard InChI is InChI=1S/C26H21FN2O2/c27-22-9-3-6-12-25(22)30-16-15-29-24-11-5-4-10-23(24)28-26(29)18-31-21-14-13-19-7-1-2-8-20(19)17-21/h1-14,17H,15-16,18H2. The zero-order valence-electron chi connectivity index (χ0n) is 16.9. The molecular weight excluding hydrogens is 391 g/mol. The van der Waals surface area contributed by atoms with E-state index in [9.17, 15) is 4.39 Å². The van der Waals surface area contributed by atoms with Gasteiger partial charge in [-0.3, -0.25) is 0 Å². The number of hydrogen-bond acceptors (Lipinski definition) is 3. The Labute approximate surface area is 179 Å². The van der Waals surface area contributed by atoms with E-state index in [2.05, 4.69) is 22.8 Å². The lowest BCUT2D eigenvalue weighted by molar-refractivity contribution is 0.266. The van der Waals surface area contributed by atoms with Crippen molar-refractivity contribution in [2.45, 2.75) is 13.2 Å². The van der Waals surface area contributed by atoms with Crippen LogP contribution in [0.1, 0.15) is 5.82 Å². The van der Waals surface area contributed by atoms with Crippen LogP contribution >= 0.6 is 0 Å². The minimum atomic E-state index is -0.363. The minimum absolute atomic E-state index is 0.251. The highest BCUT2D eigenvalue weighted by molar-refractivity contribution is 5.83. The Morgan fingerprint density at radius 2 is 1.55 bits per heavy atom. The number of benzene rings is 4. The van der Waals surface area contributed by atoms with Gasteiger partial charge in [-0.15, -0.1) is 0 Å². The lowest BCUT2D eigenvalue weighted by Crippen LogP contribution is -2.13. The summed E-state index contributed by atoms with van der Waals surface area (Å²) in [5.74, 6) is 1.48. The Balaban J connectivity index is 1.35. The average molecular weight is 412 g/mol. The highest BCUT2D eigenvalue weighted by atomic mass is 19.1. The smallest absolute Gasteiger partial charge is 0.165 e. The molecule has 0 unspecified atom stereocenters. The summed E-state index contributed by atoms with van der Waals surface area (Å²) in [4.78, 5) is 4.74. The maximum atomic E-state index is 13.8. The Morgan fingerprint density at radius 1 is 0.774 bits per heavy atom. The Kier molecular flexibility index (Phi) is 5.23. The number of halogens is 1. The summed E-state index contributed by atoms with van der Waals surface area (Å²) in [6, 6.07) is 28.6. The zero-order valence-corrected chi connectivity index (χ0v) is 16.9. The molecule has 154 valence electrons. The third kappa shape index (κ3) is 4.08. The second-order valence-corrected chi connectivity index (χ2v) is 7.24. The fourth-order valence-electron chi connectivity index (χ4n) is 3.70. The molecule has 5 heteroatoms. The second-order valence-electron chi connectivity index (χ2n) is 7.24. The van der Waals surface area contributed by atoms with Crippen molar-refractivity contribution in [3.8, 4) is 11.5 Å². The summed E-state index contributed by atoms with van der Waals surface area (Å²) < 4.78 is 27.6. The quantitative estimate of drug-likeness (QED) is 0.330. The zero-order chi connectivity index (χ0) is 21.0. The molecular formula is C26H21FN2O2. The van der Waals surface area contributed by atoms with Crippen LogP contribution in [0, 0.1) is 5.82 Å². The molecule has 0 atom stereocenters. The van der Waals surface area contributed by atoms with Crippen molar-refractivity contribution < 1.29 is 13.9 Å². The van der Waals surface area contributed by atoms with Crippen LogP contribution in [0.25, 0.3) is 21.8 Å². The van der Waals surface area contributed by atoms with Gasteiger partial charge in [0.2, 0.25) is 0 Å². The van der Waals surface area contributed by atoms with Crippen molar-refractivity contribution in [1.82, 2.24) is 9.55 Å². The average Bonchev–Trinajstić information content (AvgIpc) is 3.16. The lowest BCUT2D eigenvalue weighted by Gasteiger charge is -2.12. The van der Waals surface area contributed by atoms with Crippen LogP contribution in [0.2, 0.25) is 0 Å². The second kappa shape index (κ2) is 8.48. The van der Waals surface area contributed by atoms with Crippen molar-refractivity contribution >= 4 is 21.8 Å². The van der Waals surface area contributed by atoms with E-state index in [1.54, 1.807) is 18.2 Å². The van der Waals surface area contributed by atoms with Gasteiger partial charge in [0.05, 0.1) is 17.6 Å². The first-order chi connectivity index (χ1) is 15.3. The Bertz CT molecular complexity index is 1350. The van der Waals surface area contributed by atoms with E-state index in [1.807, 2.05) is 48.5 Å². The number of rotatable bonds is 7. The number of para-hydroxylation sites is 3. The maximum absolute atomic E-state index is 13.8. The fraction of sp³-hybridized carbons (Fsp3) is 0.115. The van der Waals surface area contributed by atoms with Crippen molar-refractivity contribution in [3.63, 3.8) is 0 Å². The molecule has 0 aliphatic heterocycles. The molecule has 4 nitrogen and oxygen atoms in total. The monoisotopic (exact) mass is 412 g/mol. The van der Waals surface area contributed by atoms with Gasteiger partial charge in [0.25, 0.3) is 0 Å². The normalized spacial score (nSPS) is 11.1. The topological polar surface area (TPSA) is 36.3 Å². The van der Waals surface area contributed by atoms with Gasteiger partial charge in [-0.2, -0.15) is 0 Å². The maximum Gasteiger partial charge on any atom is 0.165 e. The molecule has 0 bridgehead atoms. The van der Waals surface area contributed by atoms with Crippen LogP contribution in [-0.4, -0.2) is 16.2 Å². The molecule has 5 aromatic rings. The molecule has 0 radical (unpaired) electrons. The molecule has 0 aliphatic carbocycles. The third-order valence-corrected chi connectivity index (χ3v) is 5.23. The molecule has 31 heavy (non-hydrogen) atoms. The van der Waals surface area contributed by atoms with Crippen molar-refractivity contribution in [1.29, 1.82) is 0 Å². The minimum Gasteiger partial charge on any atom is -0.489 e. The molecule has 1 aromatic heterocycles. The highest BCUT2D eigenvalue weighted by Crippen LogP contribution is 2.23. The summed E-state index contributed by atoms with van der Waals surface area (Å²) in [6.45, 7) is 1.18. The van der Waals surface area contributed by atoms with Crippen LogP contribution in [0.3, 0.4) is 0 Å². The number of ether oxygens (including phenoxy) is 2. The molecule has 4 aromatic carbocycles. The van der Waals surface area contributed by atoms with E-state index in [4.69, 9.17) is 14.5 Å². The molecule has 0 spiro atoms. The molecule has 0 amide bonds. The SMILES string of the molecule is Fc1ccccc1OCCn1c(COc2ccc3ccccc3c2)nc2ccccc21. The van der Waals surface area contributed by atoms with E-state index < -0.39 is 0 Å². The first kappa shape index (κ1) is 19.1. The van der Waals surface area contributed by atoms with E-state index in [-0.39, 0.29) is 11.6 Å². The van der Waals surface area contributed by atoms with Gasteiger partial charge in [-0.1, -0.05) is 54.6 Å². The van der Waals surface area contributed by atoms with Crippen molar-refractivity contribution in [2.75, 3.05) is 6.61 Å². The first-order valence-corrected chi connectivity index (χ1v) is 10.2. The molecule has 0 N–H and O–H groups in total. The molecule has 5 rings (SSSR count). The Morgan fingerprint density at radius 3 is 2.45 bits per heavy atom. The molecule has 0 saturated heterocycles. The van der Waals surface area contributed by atoms with Crippen LogP contribution in [0.15, 0.2) is 91.0 Å². The van der Waals surface area contributed by atoms with Crippen LogP contribution in [-0.2, 0) is 13.2 Å². The number of nitrogens with zero attached hydrogens (tertiary/aromatic N) is 2. The van der Waals surface area contributed by atoms with Gasteiger partial charge in [0, 0.05) is 0 Å². The van der Waals surface area contributed by atoms with E-state index in [0.717, 1.165) is 28.0 Å². The largest absolute Gasteiger partial charge is 0.489 e. The first-order valence-electron chi connectivity index (χ1n) is 10.2. The van der Waals surface area contributed by atoms with Gasteiger partial charge >= 0.3 is 0 Å². The fourth-order valence-corrected chi connectivity index (χ4v) is 3.70.